The van der Waals surface area contributed by atoms with E-state index in [4.69, 9.17) is 11.6 Å². The number of hydrogen-bond donors (Lipinski definition) is 2. The zero-order chi connectivity index (χ0) is 18.4. The molecule has 2 N–H and O–H groups in total. The van der Waals surface area contributed by atoms with Crippen molar-refractivity contribution in [3.05, 3.63) is 69.5 Å². The van der Waals surface area contributed by atoms with Crippen LogP contribution in [0.2, 0.25) is 5.02 Å². The van der Waals surface area contributed by atoms with Gasteiger partial charge in [0, 0.05) is 28.7 Å². The highest BCUT2D eigenvalue weighted by molar-refractivity contribution is 6.32. The van der Waals surface area contributed by atoms with Gasteiger partial charge in [-0.15, -0.1) is 0 Å². The lowest BCUT2D eigenvalue weighted by Gasteiger charge is -2.11. The first-order valence-corrected chi connectivity index (χ1v) is 8.35. The van der Waals surface area contributed by atoms with Gasteiger partial charge in [-0.3, -0.25) is 14.3 Å². The van der Waals surface area contributed by atoms with E-state index in [9.17, 15) is 9.90 Å². The molecule has 4 aromatic rings. The van der Waals surface area contributed by atoms with Crippen molar-refractivity contribution in [2.24, 2.45) is 0 Å². The average molecular weight is 367 g/mol. The molecule has 0 radical (unpaired) electrons. The van der Waals surface area contributed by atoms with Crippen molar-refractivity contribution in [3.8, 4) is 22.7 Å². The molecule has 0 atom stereocenters. The predicted octanol–water partition coefficient (Wildman–Crippen LogP) is 3.75. The SMILES string of the molecule is Cc1ccc(-c2cc3c(=O)n(-c4c(Cl)ccc(O)c4C)cnc3[nH]2)cn1. The molecule has 130 valence electrons. The van der Waals surface area contributed by atoms with Crippen LogP contribution in [0.3, 0.4) is 0 Å². The van der Waals surface area contributed by atoms with Gasteiger partial charge in [-0.05, 0) is 44.2 Å². The quantitative estimate of drug-likeness (QED) is 0.566. The van der Waals surface area contributed by atoms with E-state index in [1.807, 2.05) is 19.1 Å². The maximum atomic E-state index is 13.0. The fourth-order valence-electron chi connectivity index (χ4n) is 2.90. The highest BCUT2D eigenvalue weighted by Gasteiger charge is 2.15. The van der Waals surface area contributed by atoms with Crippen molar-refractivity contribution in [3.63, 3.8) is 0 Å². The van der Waals surface area contributed by atoms with E-state index in [2.05, 4.69) is 15.0 Å². The highest BCUT2D eigenvalue weighted by Crippen LogP contribution is 2.30. The molecule has 0 unspecified atom stereocenters. The molecule has 0 amide bonds. The second kappa shape index (κ2) is 6.00. The Morgan fingerprint density at radius 2 is 1.96 bits per heavy atom. The van der Waals surface area contributed by atoms with Crippen LogP contribution in [0, 0.1) is 13.8 Å². The highest BCUT2D eigenvalue weighted by atomic mass is 35.5. The topological polar surface area (TPSA) is 83.8 Å². The zero-order valence-electron chi connectivity index (χ0n) is 14.1. The number of aromatic hydroxyl groups is 1. The van der Waals surface area contributed by atoms with Crippen LogP contribution in [0.1, 0.15) is 11.3 Å². The fraction of sp³-hybridized carbons (Fsp3) is 0.105. The second-order valence-corrected chi connectivity index (χ2v) is 6.50. The van der Waals surface area contributed by atoms with Gasteiger partial charge in [-0.2, -0.15) is 0 Å². The standard InChI is InChI=1S/C19H15ClN4O2/c1-10-3-4-12(8-21-10)15-7-13-18(23-15)22-9-24(19(13)26)17-11(2)16(25)6-5-14(17)20/h3-9,23,25H,1-2H3. The molecule has 3 aromatic heterocycles. The molecule has 0 saturated heterocycles. The van der Waals surface area contributed by atoms with Crippen LogP contribution in [-0.4, -0.2) is 24.6 Å². The van der Waals surface area contributed by atoms with Crippen LogP contribution in [-0.2, 0) is 0 Å². The molecule has 26 heavy (non-hydrogen) atoms. The van der Waals surface area contributed by atoms with E-state index < -0.39 is 0 Å². The molecule has 7 heteroatoms. The van der Waals surface area contributed by atoms with Crippen molar-refractivity contribution < 1.29 is 5.11 Å². The smallest absolute Gasteiger partial charge is 0.267 e. The molecule has 0 aliphatic heterocycles. The molecule has 0 aliphatic rings. The van der Waals surface area contributed by atoms with Gasteiger partial charge in [0.1, 0.15) is 17.7 Å². The number of phenols is 1. The summed E-state index contributed by atoms with van der Waals surface area (Å²) in [6.07, 6.45) is 3.15. The predicted molar refractivity (Wildman–Crippen MR) is 101 cm³/mol. The minimum absolute atomic E-state index is 0.0666. The number of nitrogens with zero attached hydrogens (tertiary/aromatic N) is 3. The number of benzene rings is 1. The third-order valence-electron chi connectivity index (χ3n) is 4.36. The van der Waals surface area contributed by atoms with Crippen LogP contribution in [0.25, 0.3) is 28.0 Å². The van der Waals surface area contributed by atoms with Gasteiger partial charge in [0.05, 0.1) is 16.1 Å². The number of rotatable bonds is 2. The number of H-pyrrole nitrogens is 1. The largest absolute Gasteiger partial charge is 0.508 e. The first-order valence-electron chi connectivity index (χ1n) is 7.97. The molecule has 0 bridgehead atoms. The first kappa shape index (κ1) is 16.4. The van der Waals surface area contributed by atoms with E-state index in [1.54, 1.807) is 25.3 Å². The summed E-state index contributed by atoms with van der Waals surface area (Å²) >= 11 is 6.26. The molecule has 1 aromatic carbocycles. The lowest BCUT2D eigenvalue weighted by Crippen LogP contribution is -2.19. The Bertz CT molecular complexity index is 1190. The number of fused-ring (bicyclic) bond motifs is 1. The van der Waals surface area contributed by atoms with Crippen LogP contribution < -0.4 is 5.56 Å². The summed E-state index contributed by atoms with van der Waals surface area (Å²) in [6.45, 7) is 3.62. The zero-order valence-corrected chi connectivity index (χ0v) is 14.9. The summed E-state index contributed by atoms with van der Waals surface area (Å²) in [5.41, 5.74) is 3.69. The molecule has 0 saturated carbocycles. The van der Waals surface area contributed by atoms with Gasteiger partial charge in [-0.25, -0.2) is 4.98 Å². The van der Waals surface area contributed by atoms with E-state index in [1.165, 1.54) is 17.0 Å². The molecular formula is C19H15ClN4O2. The summed E-state index contributed by atoms with van der Waals surface area (Å²) < 4.78 is 1.35. The minimum atomic E-state index is -0.270. The summed E-state index contributed by atoms with van der Waals surface area (Å²) in [7, 11) is 0. The summed E-state index contributed by atoms with van der Waals surface area (Å²) in [5, 5.41) is 10.8. The Hall–Kier alpha value is -3.12. The summed E-state index contributed by atoms with van der Waals surface area (Å²) in [4.78, 5) is 24.8. The number of halogens is 1. The number of hydrogen-bond acceptors (Lipinski definition) is 4. The van der Waals surface area contributed by atoms with E-state index in [0.29, 0.717) is 27.3 Å². The van der Waals surface area contributed by atoms with Gasteiger partial charge >= 0.3 is 0 Å². The van der Waals surface area contributed by atoms with Crippen molar-refractivity contribution >= 4 is 22.6 Å². The third kappa shape index (κ3) is 2.55. The number of phenolic OH excluding ortho intramolecular Hbond substituents is 1. The molecule has 0 spiro atoms. The monoisotopic (exact) mass is 366 g/mol. The number of aromatic amines is 1. The maximum Gasteiger partial charge on any atom is 0.267 e. The Morgan fingerprint density at radius 3 is 2.69 bits per heavy atom. The van der Waals surface area contributed by atoms with Crippen molar-refractivity contribution in [1.29, 1.82) is 0 Å². The number of nitrogens with one attached hydrogen (secondary N) is 1. The van der Waals surface area contributed by atoms with E-state index in [0.717, 1.165) is 17.0 Å². The Morgan fingerprint density at radius 1 is 1.15 bits per heavy atom. The van der Waals surface area contributed by atoms with Crippen LogP contribution in [0.4, 0.5) is 0 Å². The normalized spacial score (nSPS) is 11.2. The minimum Gasteiger partial charge on any atom is -0.508 e. The molecule has 0 aliphatic carbocycles. The molecular weight excluding hydrogens is 352 g/mol. The molecule has 4 rings (SSSR count). The molecule has 0 fully saturated rings. The number of aryl methyl sites for hydroxylation is 1. The number of aromatic nitrogens is 4. The van der Waals surface area contributed by atoms with Gasteiger partial charge < -0.3 is 10.1 Å². The van der Waals surface area contributed by atoms with E-state index >= 15 is 0 Å². The van der Waals surface area contributed by atoms with Gasteiger partial charge in [-0.1, -0.05) is 11.6 Å². The van der Waals surface area contributed by atoms with Crippen LogP contribution >= 0.6 is 11.6 Å². The van der Waals surface area contributed by atoms with Crippen molar-refractivity contribution in [2.75, 3.05) is 0 Å². The summed E-state index contributed by atoms with van der Waals surface area (Å²) in [5.74, 6) is 0.0666. The third-order valence-corrected chi connectivity index (χ3v) is 4.67. The average Bonchev–Trinajstić information content (AvgIpc) is 3.06. The van der Waals surface area contributed by atoms with Crippen molar-refractivity contribution in [1.82, 2.24) is 19.5 Å². The Labute approximate surface area is 153 Å². The van der Waals surface area contributed by atoms with Crippen LogP contribution in [0.15, 0.2) is 47.7 Å². The lowest BCUT2D eigenvalue weighted by atomic mass is 10.1. The second-order valence-electron chi connectivity index (χ2n) is 6.09. The van der Waals surface area contributed by atoms with Crippen molar-refractivity contribution in [2.45, 2.75) is 13.8 Å². The first-order chi connectivity index (χ1) is 12.5. The molecule has 3 heterocycles. The molecule has 6 nitrogen and oxygen atoms in total. The lowest BCUT2D eigenvalue weighted by molar-refractivity contribution is 0.470. The fourth-order valence-corrected chi connectivity index (χ4v) is 3.20. The van der Waals surface area contributed by atoms with Gasteiger partial charge in [0.2, 0.25) is 0 Å². The van der Waals surface area contributed by atoms with E-state index in [-0.39, 0.29) is 11.3 Å². The maximum absolute atomic E-state index is 13.0. The number of pyridine rings is 1. The van der Waals surface area contributed by atoms with Crippen LogP contribution in [0.5, 0.6) is 5.75 Å². The summed E-state index contributed by atoms with van der Waals surface area (Å²) in [6, 6.07) is 8.64. The van der Waals surface area contributed by atoms with Gasteiger partial charge in [0.25, 0.3) is 5.56 Å². The Balaban J connectivity index is 1.93. The Kier molecular flexibility index (Phi) is 3.77. The van der Waals surface area contributed by atoms with Gasteiger partial charge in [0.15, 0.2) is 0 Å².